The van der Waals surface area contributed by atoms with E-state index in [1.807, 2.05) is 140 Å². The maximum atomic E-state index is 2.00. The van der Waals surface area contributed by atoms with Gasteiger partial charge in [-0.2, -0.15) is 0 Å². The van der Waals surface area contributed by atoms with Gasteiger partial charge in [-0.3, -0.25) is 0 Å². The molecule has 3 heteroatoms. The molecule has 0 aliphatic carbocycles. The first-order chi connectivity index (χ1) is 10.7. The molecule has 3 nitrogen and oxygen atoms in total. The molecule has 2 rings (SSSR count). The number of aryl methyl sites for hydroxylation is 3. The lowest BCUT2D eigenvalue weighted by Crippen LogP contribution is -2.25. The molecule has 0 saturated carbocycles. The van der Waals surface area contributed by atoms with Gasteiger partial charge in [0.2, 0.25) is 6.33 Å². The summed E-state index contributed by atoms with van der Waals surface area (Å²) in [5.41, 5.74) is 0. The molecule has 0 saturated heterocycles. The Morgan fingerprint density at radius 1 is 0.591 bits per heavy atom. The number of nitrogens with zero attached hydrogens (tertiary/aromatic N) is 3. The molecule has 0 fully saturated rings. The zero-order valence-electron chi connectivity index (χ0n) is 17.0. The summed E-state index contributed by atoms with van der Waals surface area (Å²) in [4.78, 5) is 0. The van der Waals surface area contributed by atoms with Gasteiger partial charge < -0.3 is 0 Å². The lowest BCUT2D eigenvalue weighted by Gasteiger charge is -1.77. The summed E-state index contributed by atoms with van der Waals surface area (Å²) >= 11 is 0. The number of pyridine rings is 1. The van der Waals surface area contributed by atoms with Crippen LogP contribution in [0.4, 0.5) is 0 Å². The first-order valence-electron chi connectivity index (χ1n) is 8.56. The predicted octanol–water partition coefficient (Wildman–Crippen LogP) is 4.47. The lowest BCUT2D eigenvalue weighted by atomic mass is 10.5. The Hall–Kier alpha value is -1.64. The van der Waals surface area contributed by atoms with Gasteiger partial charge in [-0.25, -0.2) is 13.7 Å². The molecule has 2 heterocycles. The molecule has 0 aliphatic heterocycles. The Morgan fingerprint density at radius 3 is 1.14 bits per heavy atom. The van der Waals surface area contributed by atoms with Crippen LogP contribution in [-0.2, 0) is 21.1 Å². The predicted molar refractivity (Wildman–Crippen MR) is 99.6 cm³/mol. The van der Waals surface area contributed by atoms with Crippen molar-refractivity contribution in [2.75, 3.05) is 0 Å². The number of hydrogen-bond acceptors (Lipinski definition) is 0. The second-order valence-corrected chi connectivity index (χ2v) is 3.29. The molecule has 2 aromatic heterocycles. The quantitative estimate of drug-likeness (QED) is 0.637. The van der Waals surface area contributed by atoms with Gasteiger partial charge in [-0.1, -0.05) is 61.5 Å². The van der Waals surface area contributed by atoms with E-state index in [1.165, 1.54) is 0 Å². The average molecular weight is 312 g/mol. The van der Waals surface area contributed by atoms with Gasteiger partial charge >= 0.3 is 0 Å². The normalized spacial score (nSPS) is 6.86. The van der Waals surface area contributed by atoms with Crippen molar-refractivity contribution in [3.05, 3.63) is 49.3 Å². The standard InChI is InChI=1S/C6H8N.C5H9N2.4C2H6/c1-7-5-3-2-4-6-7;1-6-3-4-7(2)5-6;4*1-2/h2-6H,1H3;3-5H,1-2H3;4*1-2H3/q2*+1;;;;. The monoisotopic (exact) mass is 311 g/mol. The molecule has 2 aromatic rings. The van der Waals surface area contributed by atoms with Crippen LogP contribution in [0.15, 0.2) is 49.3 Å². The minimum absolute atomic E-state index is 2.00. The van der Waals surface area contributed by atoms with E-state index in [2.05, 4.69) is 0 Å². The molecule has 0 bridgehead atoms. The maximum absolute atomic E-state index is 2.00. The van der Waals surface area contributed by atoms with Gasteiger partial charge in [0, 0.05) is 12.1 Å². The summed E-state index contributed by atoms with van der Waals surface area (Å²) < 4.78 is 6.00. The minimum Gasteiger partial charge on any atom is -0.240 e. The largest absolute Gasteiger partial charge is 0.243 e. The van der Waals surface area contributed by atoms with Crippen molar-refractivity contribution >= 4 is 0 Å². The van der Waals surface area contributed by atoms with E-state index < -0.39 is 0 Å². The van der Waals surface area contributed by atoms with Crippen molar-refractivity contribution < 1.29 is 9.13 Å². The first-order valence-corrected chi connectivity index (χ1v) is 8.56. The highest BCUT2D eigenvalue weighted by molar-refractivity contribution is 4.83. The van der Waals surface area contributed by atoms with Gasteiger partial charge in [-0.15, -0.1) is 0 Å². The highest BCUT2D eigenvalue weighted by atomic mass is 15.1. The van der Waals surface area contributed by atoms with Crippen LogP contribution < -0.4 is 9.13 Å². The van der Waals surface area contributed by atoms with Crippen molar-refractivity contribution in [3.8, 4) is 0 Å². The summed E-state index contributed by atoms with van der Waals surface area (Å²) in [6.45, 7) is 16.0. The fourth-order valence-corrected chi connectivity index (χ4v) is 1.06. The Labute approximate surface area is 140 Å². The fraction of sp³-hybridized carbons (Fsp3) is 0.579. The van der Waals surface area contributed by atoms with E-state index in [0.717, 1.165) is 0 Å². The molecule has 0 aromatic carbocycles. The van der Waals surface area contributed by atoms with Crippen molar-refractivity contribution in [1.29, 1.82) is 0 Å². The molecule has 0 spiro atoms. The summed E-state index contributed by atoms with van der Waals surface area (Å²) in [7, 11) is 6.00. The Morgan fingerprint density at radius 2 is 1.00 bits per heavy atom. The summed E-state index contributed by atoms with van der Waals surface area (Å²) in [5, 5.41) is 0. The van der Waals surface area contributed by atoms with Crippen LogP contribution in [0.25, 0.3) is 0 Å². The maximum Gasteiger partial charge on any atom is 0.243 e. The summed E-state index contributed by atoms with van der Waals surface area (Å²) in [6.07, 6.45) is 10.0. The molecule has 0 amide bonds. The van der Waals surface area contributed by atoms with Gasteiger partial charge in [0.05, 0.1) is 14.1 Å². The molecule has 130 valence electrons. The van der Waals surface area contributed by atoms with Crippen molar-refractivity contribution in [3.63, 3.8) is 0 Å². The third-order valence-corrected chi connectivity index (χ3v) is 1.77. The van der Waals surface area contributed by atoms with Gasteiger partial charge in [-0.05, 0) is 0 Å². The van der Waals surface area contributed by atoms with Crippen LogP contribution in [0, 0.1) is 0 Å². The van der Waals surface area contributed by atoms with Crippen molar-refractivity contribution in [1.82, 2.24) is 4.57 Å². The fourth-order valence-electron chi connectivity index (χ4n) is 1.06. The summed E-state index contributed by atoms with van der Waals surface area (Å²) in [5.74, 6) is 0. The number of hydrogen-bond donors (Lipinski definition) is 0. The highest BCUT2D eigenvalue weighted by Gasteiger charge is 1.87. The van der Waals surface area contributed by atoms with E-state index in [0.29, 0.717) is 0 Å². The Bertz CT molecular complexity index is 351. The van der Waals surface area contributed by atoms with E-state index in [1.54, 1.807) is 0 Å². The van der Waals surface area contributed by atoms with E-state index in [9.17, 15) is 0 Å². The zero-order valence-corrected chi connectivity index (χ0v) is 17.0. The Balaban J connectivity index is -0.000000102. The van der Waals surface area contributed by atoms with Crippen LogP contribution >= 0.6 is 0 Å². The van der Waals surface area contributed by atoms with E-state index in [4.69, 9.17) is 0 Å². The van der Waals surface area contributed by atoms with Crippen LogP contribution in [-0.4, -0.2) is 4.57 Å². The van der Waals surface area contributed by atoms with Gasteiger partial charge in [0.25, 0.3) is 0 Å². The second-order valence-electron chi connectivity index (χ2n) is 3.29. The molecule has 0 aliphatic rings. The van der Waals surface area contributed by atoms with Gasteiger partial charge in [0.15, 0.2) is 12.4 Å². The average Bonchev–Trinajstić information content (AvgIpc) is 2.99. The van der Waals surface area contributed by atoms with E-state index in [-0.39, 0.29) is 0 Å². The smallest absolute Gasteiger partial charge is 0.240 e. The molecular weight excluding hydrogens is 270 g/mol. The third kappa shape index (κ3) is 23.5. The second kappa shape index (κ2) is 27.7. The minimum atomic E-state index is 2.00. The Kier molecular flexibility index (Phi) is 35.8. The molecule has 0 atom stereocenters. The molecular formula is C19H41N3+2. The molecule has 22 heavy (non-hydrogen) atoms. The van der Waals surface area contributed by atoms with Crippen molar-refractivity contribution in [2.45, 2.75) is 55.4 Å². The van der Waals surface area contributed by atoms with E-state index >= 15 is 0 Å². The third-order valence-electron chi connectivity index (χ3n) is 1.77. The highest BCUT2D eigenvalue weighted by Crippen LogP contribution is 1.72. The van der Waals surface area contributed by atoms with Gasteiger partial charge in [0.1, 0.15) is 19.4 Å². The molecule has 0 unspecified atom stereocenters. The van der Waals surface area contributed by atoms with Crippen LogP contribution in [0.5, 0.6) is 0 Å². The SMILES string of the molecule is CC.CC.CC.CC.C[n+]1ccccc1.Cn1cc[n+](C)c1. The van der Waals surface area contributed by atoms with Crippen molar-refractivity contribution in [2.24, 2.45) is 21.1 Å². The number of imidazole rings is 1. The molecule has 0 radical (unpaired) electrons. The topological polar surface area (TPSA) is 12.7 Å². The summed E-state index contributed by atoms with van der Waals surface area (Å²) in [6, 6.07) is 6.00. The number of rotatable bonds is 0. The van der Waals surface area contributed by atoms with Crippen LogP contribution in [0.2, 0.25) is 0 Å². The van der Waals surface area contributed by atoms with Crippen LogP contribution in [0.3, 0.4) is 0 Å². The zero-order chi connectivity index (χ0) is 18.4. The number of aromatic nitrogens is 3. The first kappa shape index (κ1) is 28.5. The molecule has 0 N–H and O–H groups in total. The lowest BCUT2D eigenvalue weighted by molar-refractivity contribution is -0.671. The van der Waals surface area contributed by atoms with Crippen LogP contribution in [0.1, 0.15) is 55.4 Å².